The maximum Gasteiger partial charge on any atom is 0.260 e. The number of aliphatic hydroxyl groups is 1. The molecule has 1 amide bonds. The van der Waals surface area contributed by atoms with E-state index in [1.165, 1.54) is 11.0 Å². The number of hydrogen-bond donors (Lipinski definition) is 2. The second-order valence-corrected chi connectivity index (χ2v) is 8.25. The van der Waals surface area contributed by atoms with Crippen LogP contribution in [-0.2, 0) is 0 Å². The van der Waals surface area contributed by atoms with E-state index in [4.69, 9.17) is 4.74 Å². The van der Waals surface area contributed by atoms with Gasteiger partial charge in [0, 0.05) is 34.1 Å². The summed E-state index contributed by atoms with van der Waals surface area (Å²) in [5.41, 5.74) is 1.70. The summed E-state index contributed by atoms with van der Waals surface area (Å²) in [7, 11) is 1.59. The maximum absolute atomic E-state index is 13.1. The lowest BCUT2D eigenvalue weighted by Crippen LogP contribution is -2.30. The summed E-state index contributed by atoms with van der Waals surface area (Å²) >= 11 is 0. The summed E-state index contributed by atoms with van der Waals surface area (Å²) in [6.45, 7) is 1.88. The second kappa shape index (κ2) is 8.94. The normalized spacial score (nSPS) is 15.6. The molecule has 0 radical (unpaired) electrons. The van der Waals surface area contributed by atoms with Crippen LogP contribution in [0.2, 0.25) is 0 Å². The fourth-order valence-electron chi connectivity index (χ4n) is 4.48. The molecule has 4 rings (SSSR count). The first-order valence-electron chi connectivity index (χ1n) is 10.8. The Morgan fingerprint density at radius 3 is 2.61 bits per heavy atom. The Balaban J connectivity index is 1.63. The van der Waals surface area contributed by atoms with Crippen molar-refractivity contribution in [3.63, 3.8) is 0 Å². The van der Waals surface area contributed by atoms with Crippen LogP contribution in [0.3, 0.4) is 0 Å². The number of pyridine rings is 1. The molecule has 1 unspecified atom stereocenters. The zero-order valence-corrected chi connectivity index (χ0v) is 17.9. The monoisotopic (exact) mass is 420 g/mol. The van der Waals surface area contributed by atoms with Crippen LogP contribution in [-0.4, -0.2) is 22.7 Å². The number of methoxy groups -OCH3 is 1. The average molecular weight is 421 g/mol. The minimum atomic E-state index is -0.822. The number of anilines is 1. The van der Waals surface area contributed by atoms with Gasteiger partial charge in [-0.3, -0.25) is 14.2 Å². The Hall–Kier alpha value is -3.12. The number of carbonyl (C=O) groups is 1. The van der Waals surface area contributed by atoms with E-state index in [1.807, 2.05) is 6.92 Å². The molecule has 1 atom stereocenters. The summed E-state index contributed by atoms with van der Waals surface area (Å²) in [5, 5.41) is 14.8. The van der Waals surface area contributed by atoms with Gasteiger partial charge in [0.2, 0.25) is 0 Å². The van der Waals surface area contributed by atoms with Gasteiger partial charge in [-0.1, -0.05) is 25.3 Å². The molecule has 6 heteroatoms. The van der Waals surface area contributed by atoms with Gasteiger partial charge in [0.15, 0.2) is 0 Å². The number of fused-ring (bicyclic) bond motifs is 1. The third-order valence-corrected chi connectivity index (χ3v) is 6.23. The molecule has 1 heterocycles. The molecule has 2 N–H and O–H groups in total. The van der Waals surface area contributed by atoms with Crippen LogP contribution in [0.4, 0.5) is 5.69 Å². The molecule has 1 saturated carbocycles. The van der Waals surface area contributed by atoms with Crippen LogP contribution in [0.15, 0.2) is 53.5 Å². The lowest BCUT2D eigenvalue weighted by Gasteiger charge is -2.28. The van der Waals surface area contributed by atoms with E-state index in [1.54, 1.807) is 55.8 Å². The third-order valence-electron chi connectivity index (χ3n) is 6.23. The van der Waals surface area contributed by atoms with E-state index in [0.717, 1.165) is 37.0 Å². The van der Waals surface area contributed by atoms with Crippen molar-refractivity contribution in [2.75, 3.05) is 12.4 Å². The molecular weight excluding hydrogens is 392 g/mol. The molecule has 1 aliphatic carbocycles. The van der Waals surface area contributed by atoms with Crippen molar-refractivity contribution in [1.29, 1.82) is 0 Å². The van der Waals surface area contributed by atoms with Crippen LogP contribution in [0.1, 0.15) is 54.3 Å². The molecule has 0 saturated heterocycles. The van der Waals surface area contributed by atoms with Crippen LogP contribution in [0.5, 0.6) is 5.75 Å². The molecule has 1 fully saturated rings. The van der Waals surface area contributed by atoms with Gasteiger partial charge in [-0.2, -0.15) is 0 Å². The first kappa shape index (κ1) is 21.1. The van der Waals surface area contributed by atoms with Crippen LogP contribution < -0.4 is 15.6 Å². The number of hydrogen-bond acceptors (Lipinski definition) is 4. The smallest absolute Gasteiger partial charge is 0.260 e. The summed E-state index contributed by atoms with van der Waals surface area (Å²) in [6, 6.07) is 12.3. The molecule has 2 aromatic carbocycles. The lowest BCUT2D eigenvalue weighted by molar-refractivity contribution is 0.0210. The van der Waals surface area contributed by atoms with Crippen molar-refractivity contribution < 1.29 is 14.6 Å². The van der Waals surface area contributed by atoms with E-state index >= 15 is 0 Å². The van der Waals surface area contributed by atoms with E-state index in [9.17, 15) is 14.7 Å². The Morgan fingerprint density at radius 1 is 1.13 bits per heavy atom. The number of aryl methyl sites for hydroxylation is 1. The number of nitrogens with one attached hydrogen (secondary N) is 1. The number of aromatic nitrogens is 1. The first-order valence-corrected chi connectivity index (χ1v) is 10.8. The minimum Gasteiger partial charge on any atom is -0.496 e. The van der Waals surface area contributed by atoms with Crippen molar-refractivity contribution in [3.8, 4) is 5.75 Å². The number of benzene rings is 2. The zero-order valence-electron chi connectivity index (χ0n) is 17.9. The SMILES string of the molecule is COc1ccc(C(=O)Nc2cccc3c(=O)n(C(O)C4CCCCC4)ccc23)cc1C. The molecule has 3 aromatic rings. The number of amides is 1. The van der Waals surface area contributed by atoms with E-state index in [2.05, 4.69) is 5.32 Å². The molecule has 162 valence electrons. The molecule has 31 heavy (non-hydrogen) atoms. The number of rotatable bonds is 5. The molecule has 6 nitrogen and oxygen atoms in total. The molecular formula is C25H28N2O4. The Kier molecular flexibility index (Phi) is 6.09. The molecule has 1 aromatic heterocycles. The highest BCUT2D eigenvalue weighted by Gasteiger charge is 2.24. The van der Waals surface area contributed by atoms with Gasteiger partial charge >= 0.3 is 0 Å². The third kappa shape index (κ3) is 4.21. The predicted molar refractivity (Wildman–Crippen MR) is 122 cm³/mol. The standard InChI is InChI=1S/C25H28N2O4/c1-16-15-18(11-12-22(16)31-2)23(28)26-21-10-6-9-20-19(21)13-14-27(25(20)30)24(29)17-7-4-3-5-8-17/h6,9-15,17,24,29H,3-5,7-8H2,1-2H3,(H,26,28). The number of aliphatic hydroxyl groups excluding tert-OH is 1. The molecule has 0 spiro atoms. The highest BCUT2D eigenvalue weighted by molar-refractivity contribution is 6.09. The number of nitrogens with zero attached hydrogens (tertiary/aromatic N) is 1. The second-order valence-electron chi connectivity index (χ2n) is 8.25. The summed E-state index contributed by atoms with van der Waals surface area (Å²) in [6.07, 6.45) is 6.05. The van der Waals surface area contributed by atoms with Crippen LogP contribution in [0, 0.1) is 12.8 Å². The van der Waals surface area contributed by atoms with Crippen LogP contribution in [0.25, 0.3) is 10.8 Å². The van der Waals surface area contributed by atoms with Crippen LogP contribution >= 0.6 is 0 Å². The topological polar surface area (TPSA) is 80.6 Å². The predicted octanol–water partition coefficient (Wildman–Crippen LogP) is 4.64. The van der Waals surface area contributed by atoms with Gasteiger partial charge in [-0.05, 0) is 61.7 Å². The largest absolute Gasteiger partial charge is 0.496 e. The van der Waals surface area contributed by atoms with Gasteiger partial charge in [0.05, 0.1) is 7.11 Å². The van der Waals surface area contributed by atoms with Gasteiger partial charge in [0.25, 0.3) is 11.5 Å². The Labute approximate surface area is 181 Å². The average Bonchev–Trinajstić information content (AvgIpc) is 2.80. The Morgan fingerprint density at radius 2 is 1.90 bits per heavy atom. The van der Waals surface area contributed by atoms with E-state index < -0.39 is 6.23 Å². The summed E-state index contributed by atoms with van der Waals surface area (Å²) < 4.78 is 6.68. The molecule has 0 aliphatic heterocycles. The number of ether oxygens (including phenoxy) is 1. The zero-order chi connectivity index (χ0) is 22.0. The minimum absolute atomic E-state index is 0.102. The number of carbonyl (C=O) groups excluding carboxylic acids is 1. The van der Waals surface area contributed by atoms with Crippen molar-refractivity contribution >= 4 is 22.4 Å². The fraction of sp³-hybridized carbons (Fsp3) is 0.360. The quantitative estimate of drug-likeness (QED) is 0.630. The van der Waals surface area contributed by atoms with Gasteiger partial charge in [0.1, 0.15) is 12.0 Å². The van der Waals surface area contributed by atoms with E-state index in [-0.39, 0.29) is 17.4 Å². The summed E-state index contributed by atoms with van der Waals surface area (Å²) in [4.78, 5) is 25.9. The van der Waals surface area contributed by atoms with Gasteiger partial charge < -0.3 is 15.2 Å². The first-order chi connectivity index (χ1) is 15.0. The molecule has 1 aliphatic rings. The van der Waals surface area contributed by atoms with Gasteiger partial charge in [-0.15, -0.1) is 0 Å². The van der Waals surface area contributed by atoms with Crippen molar-refractivity contribution in [1.82, 2.24) is 4.57 Å². The van der Waals surface area contributed by atoms with Crippen molar-refractivity contribution in [2.24, 2.45) is 5.92 Å². The lowest BCUT2D eigenvalue weighted by atomic mass is 9.88. The van der Waals surface area contributed by atoms with E-state index in [0.29, 0.717) is 22.0 Å². The summed E-state index contributed by atoms with van der Waals surface area (Å²) in [5.74, 6) is 0.563. The molecule has 0 bridgehead atoms. The highest BCUT2D eigenvalue weighted by atomic mass is 16.5. The van der Waals surface area contributed by atoms with Gasteiger partial charge in [-0.25, -0.2) is 0 Å². The fourth-order valence-corrected chi connectivity index (χ4v) is 4.48. The van der Waals surface area contributed by atoms with Crippen molar-refractivity contribution in [2.45, 2.75) is 45.3 Å². The Bertz CT molecular complexity index is 1160. The van der Waals surface area contributed by atoms with Crippen molar-refractivity contribution in [3.05, 3.63) is 70.1 Å². The highest BCUT2D eigenvalue weighted by Crippen LogP contribution is 2.31. The maximum atomic E-state index is 13.1.